The van der Waals surface area contributed by atoms with E-state index >= 15 is 0 Å². The Morgan fingerprint density at radius 2 is 2.00 bits per heavy atom. The third kappa shape index (κ3) is 1.82. The quantitative estimate of drug-likeness (QED) is 0.483. The molecular weight excluding hydrogens is 171 g/mol. The molecule has 0 bridgehead atoms. The minimum Gasteiger partial charge on any atom is -0.595 e. The van der Waals surface area contributed by atoms with Crippen molar-refractivity contribution >= 4 is 0 Å². The second-order valence-corrected chi connectivity index (χ2v) is 3.52. The molecule has 0 aromatic carbocycles. The van der Waals surface area contributed by atoms with Gasteiger partial charge < -0.3 is 8.83 Å². The van der Waals surface area contributed by atoms with Gasteiger partial charge in [-0.15, -0.1) is 6.07 Å². The summed E-state index contributed by atoms with van der Waals surface area (Å²) in [6.07, 6.45) is 4.35. The summed E-state index contributed by atoms with van der Waals surface area (Å²) in [6, 6.07) is 7.49. The number of hydrogen-bond donors (Lipinski definition) is 0. The maximum Gasteiger partial charge on any atom is 1.00 e. The molecule has 2 aromatic heterocycles. The van der Waals surface area contributed by atoms with E-state index < -0.39 is 0 Å². The second kappa shape index (κ2) is 4.12. The fraction of sp³-hybridized carbons (Fsp3) is 0.273. The normalized spacial score (nSPS) is 11.0. The molecule has 0 N–H and O–H groups in total. The van der Waals surface area contributed by atoms with Crippen LogP contribution in [0.3, 0.4) is 0 Å². The molecule has 2 heterocycles. The smallest absolute Gasteiger partial charge is 0.595 e. The SMILES string of the molecule is CC(C)(c1cc[c-]o1)c1ccco1.[Li+]. The van der Waals surface area contributed by atoms with Crippen LogP contribution in [0.4, 0.5) is 0 Å². The van der Waals surface area contributed by atoms with Crippen LogP contribution in [0.25, 0.3) is 0 Å². The van der Waals surface area contributed by atoms with E-state index in [1.807, 2.05) is 18.2 Å². The Morgan fingerprint density at radius 3 is 2.50 bits per heavy atom. The zero-order valence-electron chi connectivity index (χ0n) is 8.70. The second-order valence-electron chi connectivity index (χ2n) is 3.52. The van der Waals surface area contributed by atoms with Gasteiger partial charge in [-0.05, 0) is 24.2 Å². The van der Waals surface area contributed by atoms with E-state index in [1.165, 1.54) is 0 Å². The number of furan rings is 2. The third-order valence-corrected chi connectivity index (χ3v) is 2.22. The average molecular weight is 182 g/mol. The molecule has 0 radical (unpaired) electrons. The van der Waals surface area contributed by atoms with E-state index in [0.29, 0.717) is 0 Å². The Bertz CT molecular complexity index is 324. The maximum atomic E-state index is 5.35. The van der Waals surface area contributed by atoms with Gasteiger partial charge >= 0.3 is 18.9 Å². The summed E-state index contributed by atoms with van der Waals surface area (Å²) >= 11 is 0. The van der Waals surface area contributed by atoms with Gasteiger partial charge in [0.15, 0.2) is 0 Å². The van der Waals surface area contributed by atoms with E-state index in [1.54, 1.807) is 12.3 Å². The minimum atomic E-state index is -0.219. The van der Waals surface area contributed by atoms with Crippen LogP contribution in [0.2, 0.25) is 0 Å². The van der Waals surface area contributed by atoms with Crippen molar-refractivity contribution in [3.63, 3.8) is 0 Å². The molecule has 14 heavy (non-hydrogen) atoms. The first kappa shape index (κ1) is 11.2. The van der Waals surface area contributed by atoms with E-state index in [4.69, 9.17) is 8.83 Å². The van der Waals surface area contributed by atoms with Crippen molar-refractivity contribution in [3.8, 4) is 0 Å². The summed E-state index contributed by atoms with van der Waals surface area (Å²) in [6.45, 7) is 4.11. The number of rotatable bonds is 2. The van der Waals surface area contributed by atoms with Gasteiger partial charge in [-0.3, -0.25) is 0 Å². The predicted molar refractivity (Wildman–Crippen MR) is 48.4 cm³/mol. The molecule has 2 aromatic rings. The first-order valence-corrected chi connectivity index (χ1v) is 4.21. The van der Waals surface area contributed by atoms with Crippen molar-refractivity contribution in [1.29, 1.82) is 0 Å². The molecule has 2 rings (SSSR count). The summed E-state index contributed by atoms with van der Waals surface area (Å²) in [4.78, 5) is 0. The molecule has 0 amide bonds. The van der Waals surface area contributed by atoms with Crippen LogP contribution in [-0.4, -0.2) is 0 Å². The van der Waals surface area contributed by atoms with Crippen molar-refractivity contribution in [2.45, 2.75) is 19.3 Å². The Hall–Kier alpha value is -0.843. The predicted octanol–water partition coefficient (Wildman–Crippen LogP) is 0.00269. The summed E-state index contributed by atoms with van der Waals surface area (Å²) in [5.41, 5.74) is -0.219. The average Bonchev–Trinajstić information content (AvgIpc) is 2.78. The molecule has 0 aliphatic rings. The van der Waals surface area contributed by atoms with Gasteiger partial charge in [0, 0.05) is 5.41 Å². The molecule has 0 aliphatic heterocycles. The molecule has 0 fully saturated rings. The van der Waals surface area contributed by atoms with Crippen molar-refractivity contribution in [1.82, 2.24) is 0 Å². The summed E-state index contributed by atoms with van der Waals surface area (Å²) in [5, 5.41) is 0. The van der Waals surface area contributed by atoms with Crippen molar-refractivity contribution in [3.05, 3.63) is 48.3 Å². The van der Waals surface area contributed by atoms with Crippen LogP contribution >= 0.6 is 0 Å². The van der Waals surface area contributed by atoms with Gasteiger partial charge in [0.05, 0.1) is 6.26 Å². The topological polar surface area (TPSA) is 26.3 Å². The van der Waals surface area contributed by atoms with E-state index in [-0.39, 0.29) is 24.3 Å². The van der Waals surface area contributed by atoms with Crippen LogP contribution < -0.4 is 18.9 Å². The molecule has 0 saturated carbocycles. The molecule has 2 nitrogen and oxygen atoms in total. The molecule has 68 valence electrons. The van der Waals surface area contributed by atoms with E-state index in [9.17, 15) is 0 Å². The Balaban J connectivity index is 0.000000980. The standard InChI is InChI=1S/C11H11O2.Li/c1-11(2,9-5-3-7-12-9)10-6-4-8-13-10;/h3-7H,1-2H3;/q-1;+1. The molecule has 0 aliphatic carbocycles. The van der Waals surface area contributed by atoms with Gasteiger partial charge in [-0.25, -0.2) is 0 Å². The summed E-state index contributed by atoms with van der Waals surface area (Å²) in [7, 11) is 0. The van der Waals surface area contributed by atoms with Crippen molar-refractivity contribution in [2.75, 3.05) is 0 Å². The van der Waals surface area contributed by atoms with Crippen LogP contribution in [-0.2, 0) is 5.41 Å². The molecule has 0 unspecified atom stereocenters. The van der Waals surface area contributed by atoms with Gasteiger partial charge in [-0.2, -0.15) is 6.07 Å². The first-order valence-electron chi connectivity index (χ1n) is 4.21. The van der Waals surface area contributed by atoms with Gasteiger partial charge in [0.2, 0.25) is 0 Å². The largest absolute Gasteiger partial charge is 1.00 e. The van der Waals surface area contributed by atoms with Gasteiger partial charge in [-0.1, -0.05) is 13.8 Å². The summed E-state index contributed by atoms with van der Waals surface area (Å²) < 4.78 is 10.6. The van der Waals surface area contributed by atoms with Crippen LogP contribution in [0, 0.1) is 6.26 Å². The maximum absolute atomic E-state index is 5.35. The summed E-state index contributed by atoms with van der Waals surface area (Å²) in [5.74, 6) is 1.76. The molecule has 0 saturated heterocycles. The fourth-order valence-electron chi connectivity index (χ4n) is 1.33. The van der Waals surface area contributed by atoms with Crippen LogP contribution in [0.5, 0.6) is 0 Å². The van der Waals surface area contributed by atoms with Crippen molar-refractivity contribution < 1.29 is 27.7 Å². The molecular formula is C11H11LiO2. The zero-order chi connectivity index (χ0) is 9.31. The zero-order valence-corrected chi connectivity index (χ0v) is 8.70. The monoisotopic (exact) mass is 182 g/mol. The Morgan fingerprint density at radius 1 is 1.21 bits per heavy atom. The molecule has 0 atom stereocenters. The number of hydrogen-bond acceptors (Lipinski definition) is 2. The first-order chi connectivity index (χ1) is 6.21. The van der Waals surface area contributed by atoms with Gasteiger partial charge in [0.25, 0.3) is 0 Å². The van der Waals surface area contributed by atoms with E-state index in [0.717, 1.165) is 11.5 Å². The molecule has 3 heteroatoms. The minimum absolute atomic E-state index is 0. The fourth-order valence-corrected chi connectivity index (χ4v) is 1.33. The van der Waals surface area contributed by atoms with Crippen LogP contribution in [0.1, 0.15) is 25.4 Å². The van der Waals surface area contributed by atoms with Crippen molar-refractivity contribution in [2.24, 2.45) is 0 Å². The van der Waals surface area contributed by atoms with Gasteiger partial charge in [0.1, 0.15) is 5.76 Å². The van der Waals surface area contributed by atoms with E-state index in [2.05, 4.69) is 20.1 Å². The Labute approximate surface area is 95.5 Å². The Kier molecular flexibility index (Phi) is 3.31. The molecule has 0 spiro atoms. The van der Waals surface area contributed by atoms with Crippen LogP contribution in [0.15, 0.2) is 39.4 Å². The third-order valence-electron chi connectivity index (χ3n) is 2.22.